The number of hydrogen-bond donors (Lipinski definition) is 2. The molecule has 0 spiro atoms. The quantitative estimate of drug-likeness (QED) is 0.373. The van der Waals surface area contributed by atoms with Crippen LogP contribution < -0.4 is 10.6 Å². The fraction of sp³-hybridized carbons (Fsp3) is 0.308. The fourth-order valence-corrected chi connectivity index (χ4v) is 1.27. The molecule has 0 bridgehead atoms. The summed E-state index contributed by atoms with van der Waals surface area (Å²) in [6.45, 7) is 3.36. The highest BCUT2D eigenvalue weighted by molar-refractivity contribution is 14.0. The Bertz CT molecular complexity index is 426. The number of nitrogens with one attached hydrogen (secondary N) is 2. The summed E-state index contributed by atoms with van der Waals surface area (Å²) in [5.74, 6) is 2.81. The summed E-state index contributed by atoms with van der Waals surface area (Å²) >= 11 is 0. The summed E-state index contributed by atoms with van der Waals surface area (Å²) in [5.41, 5.74) is 0.561. The van der Waals surface area contributed by atoms with Gasteiger partial charge in [0.05, 0.1) is 13.1 Å². The molecule has 0 saturated carbocycles. The van der Waals surface area contributed by atoms with E-state index < -0.39 is 0 Å². The second-order valence-electron chi connectivity index (χ2n) is 3.34. The van der Waals surface area contributed by atoms with Gasteiger partial charge in [-0.2, -0.15) is 0 Å². The Labute approximate surface area is 124 Å². The highest BCUT2D eigenvalue weighted by Crippen LogP contribution is 2.07. The molecule has 2 N–H and O–H groups in total. The minimum atomic E-state index is -0.246. The smallest absolute Gasteiger partial charge is 0.192 e. The summed E-state index contributed by atoms with van der Waals surface area (Å²) < 4.78 is 13.3. The molecule has 0 amide bonds. The maximum absolute atomic E-state index is 13.3. The van der Waals surface area contributed by atoms with Crippen molar-refractivity contribution in [3.05, 3.63) is 35.6 Å². The lowest BCUT2D eigenvalue weighted by Gasteiger charge is -2.08. The van der Waals surface area contributed by atoms with Gasteiger partial charge in [-0.15, -0.1) is 30.4 Å². The Morgan fingerprint density at radius 3 is 2.72 bits per heavy atom. The van der Waals surface area contributed by atoms with Crippen LogP contribution in [0.25, 0.3) is 0 Å². The maximum Gasteiger partial charge on any atom is 0.192 e. The minimum absolute atomic E-state index is 0. The molecule has 0 aromatic heterocycles. The van der Waals surface area contributed by atoms with Crippen molar-refractivity contribution >= 4 is 29.9 Å². The van der Waals surface area contributed by atoms with Crippen LogP contribution in [0.3, 0.4) is 0 Å². The van der Waals surface area contributed by atoms with Crippen LogP contribution in [0.15, 0.2) is 29.3 Å². The second-order valence-corrected chi connectivity index (χ2v) is 3.34. The molecule has 0 unspecified atom stereocenters. The van der Waals surface area contributed by atoms with Crippen molar-refractivity contribution in [2.24, 2.45) is 4.99 Å². The van der Waals surface area contributed by atoms with E-state index in [4.69, 9.17) is 6.42 Å². The molecule has 0 heterocycles. The van der Waals surface area contributed by atoms with Gasteiger partial charge >= 0.3 is 0 Å². The number of nitrogens with zero attached hydrogens (tertiary/aromatic N) is 1. The Kier molecular flexibility index (Phi) is 9.01. The van der Waals surface area contributed by atoms with Crippen molar-refractivity contribution in [2.45, 2.75) is 13.5 Å². The summed E-state index contributed by atoms with van der Waals surface area (Å²) in [4.78, 5) is 4.24. The molecule has 0 radical (unpaired) electrons. The fourth-order valence-electron chi connectivity index (χ4n) is 1.27. The van der Waals surface area contributed by atoms with Crippen molar-refractivity contribution in [3.63, 3.8) is 0 Å². The molecule has 1 aromatic carbocycles. The number of benzene rings is 1. The van der Waals surface area contributed by atoms with E-state index in [2.05, 4.69) is 21.5 Å². The Hall–Kier alpha value is -1.29. The zero-order valence-corrected chi connectivity index (χ0v) is 12.6. The predicted octanol–water partition coefficient (Wildman–Crippen LogP) is 2.13. The molecule has 0 aliphatic heterocycles. The number of terminal acetylenes is 1. The topological polar surface area (TPSA) is 36.4 Å². The van der Waals surface area contributed by atoms with Crippen LogP contribution >= 0.6 is 24.0 Å². The lowest BCUT2D eigenvalue weighted by molar-refractivity contribution is 0.610. The van der Waals surface area contributed by atoms with Gasteiger partial charge < -0.3 is 10.6 Å². The summed E-state index contributed by atoms with van der Waals surface area (Å²) in [6, 6.07) is 6.58. The van der Waals surface area contributed by atoms with Crippen molar-refractivity contribution in [1.82, 2.24) is 10.6 Å². The molecule has 3 nitrogen and oxygen atoms in total. The highest BCUT2D eigenvalue weighted by atomic mass is 127. The average Bonchev–Trinajstić information content (AvgIpc) is 2.34. The molecule has 0 saturated heterocycles. The van der Waals surface area contributed by atoms with Crippen LogP contribution in [0.4, 0.5) is 4.39 Å². The first-order chi connectivity index (χ1) is 8.27. The number of aliphatic imine (C=N–C) groups is 1. The summed E-state index contributed by atoms with van der Waals surface area (Å²) in [7, 11) is 0. The Morgan fingerprint density at radius 2 is 2.11 bits per heavy atom. The van der Waals surface area contributed by atoms with Crippen molar-refractivity contribution in [2.75, 3.05) is 13.1 Å². The SMILES string of the molecule is C#CCNC(=NCc1ccccc1F)NCC.I. The molecule has 0 fully saturated rings. The zero-order chi connectivity index (χ0) is 12.5. The monoisotopic (exact) mass is 361 g/mol. The minimum Gasteiger partial charge on any atom is -0.357 e. The first kappa shape index (κ1) is 16.7. The van der Waals surface area contributed by atoms with Gasteiger partial charge in [-0.05, 0) is 13.0 Å². The molecule has 0 aliphatic rings. The van der Waals surface area contributed by atoms with E-state index >= 15 is 0 Å². The van der Waals surface area contributed by atoms with Gasteiger partial charge in [-0.3, -0.25) is 0 Å². The molecule has 0 aliphatic carbocycles. The number of halogens is 2. The number of rotatable bonds is 4. The molecule has 1 aromatic rings. The van der Waals surface area contributed by atoms with Crippen molar-refractivity contribution in [3.8, 4) is 12.3 Å². The Balaban J connectivity index is 0.00000289. The number of hydrogen-bond acceptors (Lipinski definition) is 1. The van der Waals surface area contributed by atoms with Gasteiger partial charge in [0, 0.05) is 12.1 Å². The third kappa shape index (κ3) is 5.87. The van der Waals surface area contributed by atoms with Crippen molar-refractivity contribution in [1.29, 1.82) is 0 Å². The normalized spacial score (nSPS) is 10.2. The predicted molar refractivity (Wildman–Crippen MR) is 83.5 cm³/mol. The van der Waals surface area contributed by atoms with Crippen LogP contribution in [0, 0.1) is 18.2 Å². The highest BCUT2D eigenvalue weighted by Gasteiger charge is 2.00. The second kappa shape index (κ2) is 9.71. The van der Waals surface area contributed by atoms with E-state index in [1.807, 2.05) is 6.92 Å². The zero-order valence-electron chi connectivity index (χ0n) is 10.2. The van der Waals surface area contributed by atoms with E-state index in [1.165, 1.54) is 6.07 Å². The van der Waals surface area contributed by atoms with E-state index in [0.717, 1.165) is 6.54 Å². The van der Waals surface area contributed by atoms with Gasteiger partial charge in [-0.1, -0.05) is 24.1 Å². The number of guanidine groups is 1. The third-order valence-corrected chi connectivity index (χ3v) is 2.07. The van der Waals surface area contributed by atoms with Crippen LogP contribution in [0.1, 0.15) is 12.5 Å². The first-order valence-corrected chi connectivity index (χ1v) is 5.47. The molecular formula is C13H17FIN3. The van der Waals surface area contributed by atoms with Gasteiger partial charge in [0.1, 0.15) is 5.82 Å². The maximum atomic E-state index is 13.3. The third-order valence-electron chi connectivity index (χ3n) is 2.07. The van der Waals surface area contributed by atoms with Crippen LogP contribution in [0.2, 0.25) is 0 Å². The molecule has 98 valence electrons. The summed E-state index contributed by atoms with van der Waals surface area (Å²) in [5, 5.41) is 5.97. The van der Waals surface area contributed by atoms with E-state index in [-0.39, 0.29) is 36.3 Å². The largest absolute Gasteiger partial charge is 0.357 e. The average molecular weight is 361 g/mol. The summed E-state index contributed by atoms with van der Waals surface area (Å²) in [6.07, 6.45) is 5.15. The van der Waals surface area contributed by atoms with Gasteiger partial charge in [0.25, 0.3) is 0 Å². The molecular weight excluding hydrogens is 344 g/mol. The molecule has 18 heavy (non-hydrogen) atoms. The van der Waals surface area contributed by atoms with Gasteiger partial charge in [0.15, 0.2) is 5.96 Å². The molecule has 0 atom stereocenters. The van der Waals surface area contributed by atoms with Crippen molar-refractivity contribution < 1.29 is 4.39 Å². The standard InChI is InChI=1S/C13H16FN3.HI/c1-3-9-16-13(15-4-2)17-10-11-7-5-6-8-12(11)14;/h1,5-8H,4,9-10H2,2H3,(H2,15,16,17);1H. The molecule has 1 rings (SSSR count). The van der Waals surface area contributed by atoms with Gasteiger partial charge in [0.2, 0.25) is 0 Å². The molecule has 5 heteroatoms. The van der Waals surface area contributed by atoms with Crippen LogP contribution in [-0.4, -0.2) is 19.0 Å². The van der Waals surface area contributed by atoms with E-state index in [9.17, 15) is 4.39 Å². The van der Waals surface area contributed by atoms with Crippen LogP contribution in [0.5, 0.6) is 0 Å². The van der Waals surface area contributed by atoms with E-state index in [1.54, 1.807) is 18.2 Å². The Morgan fingerprint density at radius 1 is 1.39 bits per heavy atom. The lowest BCUT2D eigenvalue weighted by atomic mass is 10.2. The van der Waals surface area contributed by atoms with Gasteiger partial charge in [-0.25, -0.2) is 9.38 Å². The van der Waals surface area contributed by atoms with E-state index in [0.29, 0.717) is 18.1 Å². The lowest BCUT2D eigenvalue weighted by Crippen LogP contribution is -2.37. The first-order valence-electron chi connectivity index (χ1n) is 5.47. The van der Waals surface area contributed by atoms with Crippen LogP contribution in [-0.2, 0) is 6.54 Å².